The first-order chi connectivity index (χ1) is 11.1. The van der Waals surface area contributed by atoms with Gasteiger partial charge >= 0.3 is 0 Å². The predicted molar refractivity (Wildman–Crippen MR) is 95.0 cm³/mol. The van der Waals surface area contributed by atoms with Gasteiger partial charge in [0.1, 0.15) is 5.65 Å². The van der Waals surface area contributed by atoms with Gasteiger partial charge in [0.2, 0.25) is 5.91 Å². The van der Waals surface area contributed by atoms with Gasteiger partial charge in [0.25, 0.3) is 0 Å². The Balaban J connectivity index is 1.46. The zero-order chi connectivity index (χ0) is 16.2. The minimum absolute atomic E-state index is 0.101. The lowest BCUT2D eigenvalue weighted by Gasteiger charge is -2.22. The molecule has 2 aromatic rings. The van der Waals surface area contributed by atoms with Crippen molar-refractivity contribution in [3.63, 3.8) is 0 Å². The van der Waals surface area contributed by atoms with E-state index < -0.39 is 0 Å². The Kier molecular flexibility index (Phi) is 5.23. The third-order valence-electron chi connectivity index (χ3n) is 4.35. The third kappa shape index (κ3) is 4.06. The van der Waals surface area contributed by atoms with Crippen molar-refractivity contribution in [2.75, 3.05) is 31.6 Å². The highest BCUT2D eigenvalue weighted by molar-refractivity contribution is 7.99. The molecule has 23 heavy (non-hydrogen) atoms. The summed E-state index contributed by atoms with van der Waals surface area (Å²) in [4.78, 5) is 18.8. The van der Waals surface area contributed by atoms with Gasteiger partial charge in [-0.1, -0.05) is 6.07 Å². The standard InChI is InChI=1S/C17H24N4OS/c1-13-4-3-8-21-10-14(19-17(13)21)5-7-18-16(22)11-20(2)15-6-9-23-12-15/h3-4,8,10,15H,5-7,9,11-12H2,1-2H3,(H,18,22)/t15-/m0/s1. The van der Waals surface area contributed by atoms with Crippen molar-refractivity contribution in [1.82, 2.24) is 19.6 Å². The minimum Gasteiger partial charge on any atom is -0.355 e. The number of likely N-dealkylation sites (N-methyl/N-ethyl adjacent to an activating group) is 1. The molecule has 0 spiro atoms. The number of pyridine rings is 1. The van der Waals surface area contributed by atoms with Crippen LogP contribution in [0.25, 0.3) is 5.65 Å². The number of carbonyl (C=O) groups is 1. The van der Waals surface area contributed by atoms with Gasteiger partial charge in [-0.05, 0) is 37.8 Å². The SMILES string of the molecule is Cc1cccn2cc(CCNC(=O)CN(C)[C@H]3CCSC3)nc12. The van der Waals surface area contributed by atoms with E-state index in [9.17, 15) is 4.79 Å². The lowest BCUT2D eigenvalue weighted by Crippen LogP contribution is -2.41. The maximum Gasteiger partial charge on any atom is 0.234 e. The van der Waals surface area contributed by atoms with E-state index in [4.69, 9.17) is 0 Å². The first kappa shape index (κ1) is 16.3. The third-order valence-corrected chi connectivity index (χ3v) is 5.50. The fourth-order valence-electron chi connectivity index (χ4n) is 2.94. The fourth-order valence-corrected chi connectivity index (χ4v) is 4.23. The second kappa shape index (κ2) is 7.36. The molecule has 1 aliphatic rings. The highest BCUT2D eigenvalue weighted by Gasteiger charge is 2.21. The van der Waals surface area contributed by atoms with Crippen molar-refractivity contribution in [2.45, 2.75) is 25.8 Å². The highest BCUT2D eigenvalue weighted by Crippen LogP contribution is 2.20. The first-order valence-corrected chi connectivity index (χ1v) is 9.27. The van der Waals surface area contributed by atoms with Crippen LogP contribution in [0.2, 0.25) is 0 Å². The van der Waals surface area contributed by atoms with Crippen LogP contribution in [-0.4, -0.2) is 57.9 Å². The van der Waals surface area contributed by atoms with Crippen LogP contribution in [0.1, 0.15) is 17.7 Å². The number of hydrogen-bond acceptors (Lipinski definition) is 4. The summed E-state index contributed by atoms with van der Waals surface area (Å²) in [6.07, 6.45) is 5.99. The average molecular weight is 332 g/mol. The van der Waals surface area contributed by atoms with Gasteiger partial charge in [-0.25, -0.2) is 4.98 Å². The number of aromatic nitrogens is 2. The number of imidazole rings is 1. The van der Waals surface area contributed by atoms with E-state index in [1.54, 1.807) is 0 Å². The molecule has 2 aromatic heterocycles. The number of fused-ring (bicyclic) bond motifs is 1. The average Bonchev–Trinajstić information content (AvgIpc) is 3.16. The molecule has 0 unspecified atom stereocenters. The Bertz CT molecular complexity index is 678. The Hall–Kier alpha value is -1.53. The van der Waals surface area contributed by atoms with Gasteiger partial charge in [-0.3, -0.25) is 9.69 Å². The normalized spacial score (nSPS) is 18.0. The zero-order valence-corrected chi connectivity index (χ0v) is 14.6. The number of aryl methyl sites for hydroxylation is 1. The van der Waals surface area contributed by atoms with Crippen LogP contribution in [0.5, 0.6) is 0 Å². The van der Waals surface area contributed by atoms with Gasteiger partial charge < -0.3 is 9.72 Å². The Morgan fingerprint density at radius 1 is 1.57 bits per heavy atom. The van der Waals surface area contributed by atoms with Crippen molar-refractivity contribution < 1.29 is 4.79 Å². The summed E-state index contributed by atoms with van der Waals surface area (Å²) < 4.78 is 2.04. The number of carbonyl (C=O) groups excluding carboxylic acids is 1. The molecule has 1 atom stereocenters. The van der Waals surface area contributed by atoms with Crippen LogP contribution >= 0.6 is 11.8 Å². The molecule has 3 rings (SSSR count). The second-order valence-electron chi connectivity index (χ2n) is 6.19. The molecule has 1 N–H and O–H groups in total. The van der Waals surface area contributed by atoms with Crippen molar-refractivity contribution in [1.29, 1.82) is 0 Å². The summed E-state index contributed by atoms with van der Waals surface area (Å²) in [6.45, 7) is 3.18. The molecule has 0 aliphatic carbocycles. The lowest BCUT2D eigenvalue weighted by molar-refractivity contribution is -0.122. The molecule has 0 radical (unpaired) electrons. The molecule has 1 amide bonds. The van der Waals surface area contributed by atoms with E-state index in [2.05, 4.69) is 28.2 Å². The van der Waals surface area contributed by atoms with Crippen LogP contribution in [0.4, 0.5) is 0 Å². The zero-order valence-electron chi connectivity index (χ0n) is 13.8. The summed E-state index contributed by atoms with van der Waals surface area (Å²) >= 11 is 1.97. The van der Waals surface area contributed by atoms with Crippen molar-refractivity contribution in [3.05, 3.63) is 35.8 Å². The number of hydrogen-bond donors (Lipinski definition) is 1. The van der Waals surface area contributed by atoms with Gasteiger partial charge in [-0.15, -0.1) is 0 Å². The number of rotatable bonds is 6. The summed E-state index contributed by atoms with van der Waals surface area (Å²) in [5.41, 5.74) is 3.17. The summed E-state index contributed by atoms with van der Waals surface area (Å²) in [6, 6.07) is 4.63. The number of amides is 1. The van der Waals surface area contributed by atoms with Gasteiger partial charge in [0.15, 0.2) is 0 Å². The Morgan fingerprint density at radius 2 is 2.43 bits per heavy atom. The molecule has 0 saturated carbocycles. The summed E-state index contributed by atoms with van der Waals surface area (Å²) in [7, 11) is 2.04. The lowest BCUT2D eigenvalue weighted by atomic mass is 10.2. The monoisotopic (exact) mass is 332 g/mol. The molecular formula is C17H24N4OS. The van der Waals surface area contributed by atoms with Crippen LogP contribution < -0.4 is 5.32 Å². The summed E-state index contributed by atoms with van der Waals surface area (Å²) in [5, 5.41) is 3.01. The van der Waals surface area contributed by atoms with Gasteiger partial charge in [0.05, 0.1) is 12.2 Å². The van der Waals surface area contributed by atoms with Crippen molar-refractivity contribution >= 4 is 23.3 Å². The van der Waals surface area contributed by atoms with E-state index in [0.717, 1.165) is 23.5 Å². The fraction of sp³-hybridized carbons (Fsp3) is 0.529. The maximum atomic E-state index is 12.0. The second-order valence-corrected chi connectivity index (χ2v) is 7.34. The molecule has 5 nitrogen and oxygen atoms in total. The van der Waals surface area contributed by atoms with Crippen molar-refractivity contribution in [2.24, 2.45) is 0 Å². The highest BCUT2D eigenvalue weighted by atomic mass is 32.2. The molecule has 1 aliphatic heterocycles. The van der Waals surface area contributed by atoms with Crippen LogP contribution in [0.15, 0.2) is 24.5 Å². The van der Waals surface area contributed by atoms with E-state index in [0.29, 0.717) is 19.1 Å². The maximum absolute atomic E-state index is 12.0. The first-order valence-electron chi connectivity index (χ1n) is 8.11. The van der Waals surface area contributed by atoms with Gasteiger partial charge in [-0.2, -0.15) is 11.8 Å². The Labute approximate surface area is 141 Å². The largest absolute Gasteiger partial charge is 0.355 e. The molecule has 0 bridgehead atoms. The van der Waals surface area contributed by atoms with E-state index >= 15 is 0 Å². The molecule has 1 saturated heterocycles. The molecule has 1 fully saturated rings. The van der Waals surface area contributed by atoms with Gasteiger partial charge in [0, 0.05) is 37.2 Å². The van der Waals surface area contributed by atoms with Crippen LogP contribution in [-0.2, 0) is 11.2 Å². The van der Waals surface area contributed by atoms with Crippen LogP contribution in [0, 0.1) is 6.92 Å². The molecule has 124 valence electrons. The van der Waals surface area contributed by atoms with Crippen LogP contribution in [0.3, 0.4) is 0 Å². The number of thioether (sulfide) groups is 1. The molecule has 3 heterocycles. The summed E-state index contributed by atoms with van der Waals surface area (Å²) in [5.74, 6) is 2.46. The number of nitrogens with one attached hydrogen (secondary N) is 1. The topological polar surface area (TPSA) is 49.6 Å². The van der Waals surface area contributed by atoms with E-state index in [1.165, 1.54) is 17.7 Å². The molecular weight excluding hydrogens is 308 g/mol. The van der Waals surface area contributed by atoms with E-state index in [1.807, 2.05) is 41.7 Å². The van der Waals surface area contributed by atoms with E-state index in [-0.39, 0.29) is 5.91 Å². The predicted octanol–water partition coefficient (Wildman–Crippen LogP) is 1.74. The van der Waals surface area contributed by atoms with Crippen molar-refractivity contribution in [3.8, 4) is 0 Å². The minimum atomic E-state index is 0.101. The smallest absolute Gasteiger partial charge is 0.234 e. The molecule has 0 aromatic carbocycles. The Morgan fingerprint density at radius 3 is 3.17 bits per heavy atom. The number of nitrogens with zero attached hydrogens (tertiary/aromatic N) is 3. The molecule has 6 heteroatoms. The quantitative estimate of drug-likeness (QED) is 0.875.